The molecular formula is C49H38BrCl2F3N4O8. The summed E-state index contributed by atoms with van der Waals surface area (Å²) in [5.41, 5.74) is 2.93. The van der Waals surface area contributed by atoms with Crippen LogP contribution >= 0.6 is 39.1 Å². The summed E-state index contributed by atoms with van der Waals surface area (Å²) in [6, 6.07) is 22.5. The second-order valence-electron chi connectivity index (χ2n) is 16.5. The molecule has 0 radical (unpaired) electrons. The van der Waals surface area contributed by atoms with Crippen LogP contribution in [0.1, 0.15) is 46.6 Å². The quantitative estimate of drug-likeness (QED) is 0.0787. The number of methoxy groups -OCH3 is 3. The maximum Gasteiger partial charge on any atom is 0.417 e. The molecule has 344 valence electrons. The van der Waals surface area contributed by atoms with E-state index in [4.69, 9.17) is 37.4 Å². The number of pyridine rings is 1. The van der Waals surface area contributed by atoms with Gasteiger partial charge in [-0.3, -0.25) is 29.5 Å². The molecule has 6 unspecified atom stereocenters. The van der Waals surface area contributed by atoms with E-state index in [0.717, 1.165) is 11.1 Å². The van der Waals surface area contributed by atoms with Crippen LogP contribution in [0.25, 0.3) is 12.2 Å². The molecule has 2 aliphatic carbocycles. The summed E-state index contributed by atoms with van der Waals surface area (Å²) in [6.45, 7) is 0. The molecule has 4 amide bonds. The van der Waals surface area contributed by atoms with E-state index in [9.17, 15) is 27.9 Å². The van der Waals surface area contributed by atoms with Gasteiger partial charge in [0.05, 0.1) is 65.2 Å². The van der Waals surface area contributed by atoms with Gasteiger partial charge >= 0.3 is 6.18 Å². The fraction of sp³-hybridized carbons (Fsp3) is 0.245. The number of hydrogen-bond acceptors (Lipinski definition) is 10. The second-order valence-corrected chi connectivity index (χ2v) is 18.2. The molecular weight excluding hydrogens is 980 g/mol. The van der Waals surface area contributed by atoms with E-state index in [0.29, 0.717) is 56.2 Å². The predicted octanol–water partition coefficient (Wildman–Crippen LogP) is 10.3. The molecule has 4 aromatic carbocycles. The Hall–Kier alpha value is -6.36. The van der Waals surface area contributed by atoms with Crippen molar-refractivity contribution in [1.29, 1.82) is 0 Å². The Balaban J connectivity index is 1.13. The van der Waals surface area contributed by atoms with Gasteiger partial charge in [0.15, 0.2) is 17.3 Å². The smallest absolute Gasteiger partial charge is 0.417 e. The lowest BCUT2D eigenvalue weighted by atomic mass is 9.49. The Morgan fingerprint density at radius 1 is 0.851 bits per heavy atom. The minimum atomic E-state index is -4.78. The minimum Gasteiger partial charge on any atom is -0.503 e. The Bertz CT molecular complexity index is 2930. The first kappa shape index (κ1) is 45.8. The number of phenolic OH excluding ortho intramolecular Hbond substituents is 1. The third kappa shape index (κ3) is 7.58. The van der Waals surface area contributed by atoms with Gasteiger partial charge in [0.2, 0.25) is 11.8 Å². The van der Waals surface area contributed by atoms with E-state index in [2.05, 4.69) is 26.3 Å². The topological polar surface area (TPSA) is 148 Å². The Morgan fingerprint density at radius 3 is 2.22 bits per heavy atom. The summed E-state index contributed by atoms with van der Waals surface area (Å²) in [5, 5.41) is 11.5. The van der Waals surface area contributed by atoms with Crippen LogP contribution in [0.4, 0.5) is 24.7 Å². The number of aromatic nitrogens is 1. The number of amides is 4. The highest BCUT2D eigenvalue weighted by atomic mass is 79.9. The van der Waals surface area contributed by atoms with Gasteiger partial charge < -0.3 is 19.3 Å². The summed E-state index contributed by atoms with van der Waals surface area (Å²) in [4.78, 5) is 65.0. The summed E-state index contributed by atoms with van der Waals surface area (Å²) < 4.78 is 57.5. The van der Waals surface area contributed by atoms with Crippen molar-refractivity contribution in [3.63, 3.8) is 0 Å². The second kappa shape index (κ2) is 17.4. The highest BCUT2D eigenvalue weighted by Crippen LogP contribution is 2.65. The molecule has 3 fully saturated rings. The van der Waals surface area contributed by atoms with Gasteiger partial charge in [-0.2, -0.15) is 18.2 Å². The van der Waals surface area contributed by atoms with E-state index in [-0.39, 0.29) is 28.8 Å². The largest absolute Gasteiger partial charge is 0.503 e. The van der Waals surface area contributed by atoms with Gasteiger partial charge in [-0.25, -0.2) is 4.98 Å². The lowest BCUT2D eigenvalue weighted by molar-refractivity contribution is -0.139. The lowest BCUT2D eigenvalue weighted by Gasteiger charge is -2.50. The van der Waals surface area contributed by atoms with Crippen LogP contribution in [0.15, 0.2) is 107 Å². The van der Waals surface area contributed by atoms with Gasteiger partial charge in [-0.1, -0.05) is 71.3 Å². The first-order valence-electron chi connectivity index (χ1n) is 20.8. The fourth-order valence-corrected chi connectivity index (χ4v) is 11.0. The molecule has 1 saturated carbocycles. The highest BCUT2D eigenvalue weighted by Gasteiger charge is 2.70. The van der Waals surface area contributed by atoms with E-state index in [1.165, 1.54) is 12.0 Å². The standard InChI is InChI=1S/C49H38BrCl2F3N4O8/c1-65-31-14-17-38(66-2)25(18-31)7-4-24-5-12-30(13-6-24)58-44(61)33-16-15-32-34(40(33)46(58)63)22-35-45(62)59(57-43-37(52)21-28(23-56-43)49(53,54)55)47(64)48(35,27-8-10-29(51)11-9-27)41(32)26-19-36(50)42(60)39(20-26)67-3/h4-15,17-21,23,33-35,40-41,60H,16,22H2,1-3H3,(H,56,57). The first-order chi connectivity index (χ1) is 32.0. The van der Waals surface area contributed by atoms with Crippen molar-refractivity contribution in [1.82, 2.24) is 9.99 Å². The minimum absolute atomic E-state index is 0.0373. The van der Waals surface area contributed by atoms with Crippen molar-refractivity contribution >= 4 is 86.4 Å². The van der Waals surface area contributed by atoms with Gasteiger partial charge in [-0.05, 0) is 112 Å². The zero-order valence-electron chi connectivity index (χ0n) is 35.6. The molecule has 4 aliphatic rings. The molecule has 6 atom stereocenters. The van der Waals surface area contributed by atoms with Crippen LogP contribution in [0.3, 0.4) is 0 Å². The van der Waals surface area contributed by atoms with Crippen LogP contribution in [0, 0.1) is 23.7 Å². The van der Waals surface area contributed by atoms with Crippen molar-refractivity contribution in [2.24, 2.45) is 23.7 Å². The number of aromatic hydroxyl groups is 1. The molecule has 67 heavy (non-hydrogen) atoms. The number of halogens is 6. The maximum atomic E-state index is 15.6. The Kier molecular flexibility index (Phi) is 11.9. The van der Waals surface area contributed by atoms with Crippen molar-refractivity contribution in [3.05, 3.63) is 145 Å². The van der Waals surface area contributed by atoms with Crippen molar-refractivity contribution in [2.75, 3.05) is 31.7 Å². The first-order valence-corrected chi connectivity index (χ1v) is 22.3. The average Bonchev–Trinajstić information content (AvgIpc) is 3.69. The number of rotatable bonds is 10. The summed E-state index contributed by atoms with van der Waals surface area (Å²) in [7, 11) is 4.49. The van der Waals surface area contributed by atoms with Gasteiger partial charge in [0.1, 0.15) is 11.5 Å². The van der Waals surface area contributed by atoms with E-state index in [1.54, 1.807) is 87.0 Å². The zero-order valence-corrected chi connectivity index (χ0v) is 38.7. The number of hydrogen-bond donors (Lipinski definition) is 2. The number of fused-ring (bicyclic) bond motifs is 4. The number of hydrazine groups is 1. The lowest BCUT2D eigenvalue weighted by Crippen LogP contribution is -2.53. The van der Waals surface area contributed by atoms with Gasteiger partial charge in [-0.15, -0.1) is 0 Å². The van der Waals surface area contributed by atoms with Gasteiger partial charge in [0.25, 0.3) is 11.8 Å². The Labute approximate surface area is 400 Å². The average molecular weight is 1020 g/mol. The number of carbonyl (C=O) groups excluding carboxylic acids is 4. The number of ether oxygens (including phenoxy) is 3. The fourth-order valence-electron chi connectivity index (χ4n) is 10.2. The highest BCUT2D eigenvalue weighted by molar-refractivity contribution is 9.10. The SMILES string of the molecule is COc1ccc(OC)c(C=Cc2ccc(N3C(=O)C4CC=C5C(CC6C(=O)N(Nc7ncc(C(F)(F)F)cc7Cl)C(=O)C6(c6ccc(Cl)cc6)C5c5cc(Br)c(O)c(OC)c5)C4C3=O)cc2)c1. The molecule has 0 spiro atoms. The molecule has 12 nitrogen and oxygen atoms in total. The summed E-state index contributed by atoms with van der Waals surface area (Å²) >= 11 is 16.1. The van der Waals surface area contributed by atoms with Crippen molar-refractivity contribution < 1.29 is 51.7 Å². The van der Waals surface area contributed by atoms with E-state index >= 15 is 9.59 Å². The van der Waals surface area contributed by atoms with Gasteiger partial charge in [0, 0.05) is 22.7 Å². The zero-order chi connectivity index (χ0) is 47.7. The predicted molar refractivity (Wildman–Crippen MR) is 247 cm³/mol. The van der Waals surface area contributed by atoms with Crippen LogP contribution in [0.2, 0.25) is 10.0 Å². The third-order valence-electron chi connectivity index (χ3n) is 13.2. The number of alkyl halides is 3. The normalized spacial score (nSPS) is 23.5. The van der Waals surface area contributed by atoms with Crippen LogP contribution < -0.4 is 24.5 Å². The number of phenols is 1. The number of nitrogens with one attached hydrogen (secondary N) is 1. The number of anilines is 2. The number of allylic oxidation sites excluding steroid dienone is 2. The van der Waals surface area contributed by atoms with E-state index in [1.807, 2.05) is 24.3 Å². The summed E-state index contributed by atoms with van der Waals surface area (Å²) in [6.07, 6.45) is 1.34. The molecule has 5 aromatic rings. The number of imide groups is 2. The molecule has 0 bridgehead atoms. The number of nitrogens with zero attached hydrogens (tertiary/aromatic N) is 3. The van der Waals surface area contributed by atoms with Crippen molar-refractivity contribution in [2.45, 2.75) is 30.4 Å². The molecule has 3 heterocycles. The maximum absolute atomic E-state index is 15.6. The van der Waals surface area contributed by atoms with Crippen LogP contribution in [0.5, 0.6) is 23.0 Å². The third-order valence-corrected chi connectivity index (χ3v) is 14.3. The van der Waals surface area contributed by atoms with Crippen LogP contribution in [-0.4, -0.2) is 60.1 Å². The summed E-state index contributed by atoms with van der Waals surface area (Å²) in [5.74, 6) is -6.66. The van der Waals surface area contributed by atoms with E-state index < -0.39 is 81.2 Å². The number of benzene rings is 4. The molecule has 1 aromatic heterocycles. The molecule has 2 saturated heterocycles. The molecule has 9 rings (SSSR count). The van der Waals surface area contributed by atoms with Crippen molar-refractivity contribution in [3.8, 4) is 23.0 Å². The molecule has 2 aliphatic heterocycles. The number of carbonyl (C=O) groups is 4. The molecule has 18 heteroatoms. The molecule has 2 N–H and O–H groups in total. The monoisotopic (exact) mass is 1020 g/mol. The van der Waals surface area contributed by atoms with Crippen LogP contribution in [-0.2, 0) is 30.8 Å². The Morgan fingerprint density at radius 2 is 1.57 bits per heavy atom.